The van der Waals surface area contributed by atoms with Gasteiger partial charge in [0.1, 0.15) is 0 Å². The Bertz CT molecular complexity index is 123. The summed E-state index contributed by atoms with van der Waals surface area (Å²) in [6.45, 7) is 2.21. The average Bonchev–Trinajstić information content (AvgIpc) is 1.88. The molecule has 1 atom stereocenters. The maximum atomic E-state index is 5.06. The van der Waals surface area contributed by atoms with Crippen molar-refractivity contribution in [3.05, 3.63) is 0 Å². The van der Waals surface area contributed by atoms with E-state index in [4.69, 9.17) is 12.2 Å². The lowest BCUT2D eigenvalue weighted by Gasteiger charge is -2.24. The Hall–Kier alpha value is 0.240. The second-order valence-corrected chi connectivity index (χ2v) is 4.09. The van der Waals surface area contributed by atoms with E-state index in [1.165, 1.54) is 18.6 Å². The molecule has 1 unspecified atom stereocenters. The van der Waals surface area contributed by atoms with E-state index in [0.717, 1.165) is 10.7 Å². The Morgan fingerprint density at radius 3 is 3.20 bits per heavy atom. The highest BCUT2D eigenvalue weighted by Crippen LogP contribution is 2.12. The van der Waals surface area contributed by atoms with E-state index in [2.05, 4.69) is 12.2 Å². The zero-order valence-electron chi connectivity index (χ0n) is 6.22. The van der Waals surface area contributed by atoms with Crippen LogP contribution in [0.4, 0.5) is 0 Å². The van der Waals surface area contributed by atoms with Crippen LogP contribution in [0.25, 0.3) is 0 Å². The molecule has 0 aliphatic carbocycles. The first-order chi connectivity index (χ1) is 4.83. The van der Waals surface area contributed by atoms with Crippen molar-refractivity contribution in [2.75, 3.05) is 11.5 Å². The summed E-state index contributed by atoms with van der Waals surface area (Å²) in [7, 11) is 0. The third kappa shape index (κ3) is 2.46. The van der Waals surface area contributed by atoms with Gasteiger partial charge < -0.3 is 5.32 Å². The zero-order chi connectivity index (χ0) is 7.40. The highest BCUT2D eigenvalue weighted by Gasteiger charge is 2.14. The van der Waals surface area contributed by atoms with Crippen molar-refractivity contribution in [3.63, 3.8) is 0 Å². The molecule has 0 radical (unpaired) electrons. The largest absolute Gasteiger partial charge is 0.375 e. The highest BCUT2D eigenvalue weighted by atomic mass is 32.2. The van der Waals surface area contributed by atoms with Gasteiger partial charge >= 0.3 is 0 Å². The van der Waals surface area contributed by atoms with Crippen LogP contribution in [0.3, 0.4) is 0 Å². The standard InChI is InChI=1S/C7H13NS2/c1-2-3-6-4-10-5-7(9)8-6/h6H,2-5H2,1H3,(H,8,9). The molecule has 1 aliphatic heterocycles. The van der Waals surface area contributed by atoms with Crippen LogP contribution in [0.1, 0.15) is 19.8 Å². The van der Waals surface area contributed by atoms with Crippen molar-refractivity contribution in [1.82, 2.24) is 5.32 Å². The summed E-state index contributed by atoms with van der Waals surface area (Å²) in [5.74, 6) is 2.25. The van der Waals surface area contributed by atoms with Gasteiger partial charge in [0.2, 0.25) is 0 Å². The molecule has 1 aliphatic rings. The Balaban J connectivity index is 2.25. The molecule has 0 amide bonds. The third-order valence-corrected chi connectivity index (χ3v) is 3.13. The van der Waals surface area contributed by atoms with Gasteiger partial charge in [-0.1, -0.05) is 25.6 Å². The van der Waals surface area contributed by atoms with Gasteiger partial charge in [0, 0.05) is 17.5 Å². The summed E-state index contributed by atoms with van der Waals surface area (Å²) in [6, 6.07) is 0.649. The number of nitrogens with one attached hydrogen (secondary N) is 1. The molecule has 1 nitrogen and oxygen atoms in total. The quantitative estimate of drug-likeness (QED) is 0.643. The Morgan fingerprint density at radius 1 is 1.80 bits per heavy atom. The molecule has 0 aromatic carbocycles. The lowest BCUT2D eigenvalue weighted by atomic mass is 10.2. The van der Waals surface area contributed by atoms with Gasteiger partial charge in [-0.2, -0.15) is 11.8 Å². The van der Waals surface area contributed by atoms with Crippen molar-refractivity contribution in [1.29, 1.82) is 0 Å². The molecule has 0 bridgehead atoms. The molecular formula is C7H13NS2. The monoisotopic (exact) mass is 175 g/mol. The van der Waals surface area contributed by atoms with Gasteiger partial charge in [0.25, 0.3) is 0 Å². The minimum absolute atomic E-state index is 0.649. The fraction of sp³-hybridized carbons (Fsp3) is 0.857. The molecule has 58 valence electrons. The van der Waals surface area contributed by atoms with E-state index >= 15 is 0 Å². The Labute approximate surface area is 72.0 Å². The first kappa shape index (κ1) is 8.34. The number of thiocarbonyl (C=S) groups is 1. The summed E-state index contributed by atoms with van der Waals surface area (Å²) in [4.78, 5) is 1.04. The van der Waals surface area contributed by atoms with Crippen LogP contribution in [-0.4, -0.2) is 22.5 Å². The fourth-order valence-electron chi connectivity index (χ4n) is 1.11. The second kappa shape index (κ2) is 4.19. The zero-order valence-corrected chi connectivity index (χ0v) is 7.86. The normalized spacial score (nSPS) is 26.1. The van der Waals surface area contributed by atoms with Crippen LogP contribution < -0.4 is 5.32 Å². The molecule has 0 aromatic rings. The molecule has 0 spiro atoms. The first-order valence-electron chi connectivity index (χ1n) is 3.70. The number of thioether (sulfide) groups is 1. The predicted octanol–water partition coefficient (Wildman–Crippen LogP) is 1.82. The second-order valence-electron chi connectivity index (χ2n) is 2.57. The van der Waals surface area contributed by atoms with Crippen LogP contribution >= 0.6 is 24.0 Å². The van der Waals surface area contributed by atoms with Gasteiger partial charge in [0.15, 0.2) is 0 Å². The summed E-state index contributed by atoms with van der Waals surface area (Å²) < 4.78 is 0. The number of rotatable bonds is 2. The maximum absolute atomic E-state index is 5.06. The summed E-state index contributed by atoms with van der Waals surface area (Å²) in [6.07, 6.45) is 2.51. The van der Waals surface area contributed by atoms with Gasteiger partial charge in [-0.25, -0.2) is 0 Å². The third-order valence-electron chi connectivity index (χ3n) is 1.55. The molecule has 0 saturated carbocycles. The van der Waals surface area contributed by atoms with E-state index in [0.29, 0.717) is 6.04 Å². The highest BCUT2D eigenvalue weighted by molar-refractivity contribution is 8.01. The fourth-order valence-corrected chi connectivity index (χ4v) is 2.45. The number of hydrogen-bond acceptors (Lipinski definition) is 2. The molecule has 1 N–H and O–H groups in total. The Kier molecular flexibility index (Phi) is 3.49. The first-order valence-corrected chi connectivity index (χ1v) is 5.26. The summed E-state index contributed by atoms with van der Waals surface area (Å²) in [5.41, 5.74) is 0. The minimum atomic E-state index is 0.649. The van der Waals surface area contributed by atoms with E-state index in [9.17, 15) is 0 Å². The van der Waals surface area contributed by atoms with Crippen LogP contribution in [0, 0.1) is 0 Å². The Morgan fingerprint density at radius 2 is 2.60 bits per heavy atom. The summed E-state index contributed by atoms with van der Waals surface area (Å²) in [5, 5.41) is 3.33. The topological polar surface area (TPSA) is 12.0 Å². The molecule has 1 heterocycles. The molecule has 1 saturated heterocycles. The van der Waals surface area contributed by atoms with Crippen molar-refractivity contribution in [3.8, 4) is 0 Å². The van der Waals surface area contributed by atoms with Crippen LogP contribution in [0.5, 0.6) is 0 Å². The predicted molar refractivity (Wildman–Crippen MR) is 51.8 cm³/mol. The van der Waals surface area contributed by atoms with Crippen molar-refractivity contribution < 1.29 is 0 Å². The molecule has 3 heteroatoms. The summed E-state index contributed by atoms with van der Waals surface area (Å²) >= 11 is 7.01. The van der Waals surface area contributed by atoms with Crippen molar-refractivity contribution >= 4 is 29.0 Å². The van der Waals surface area contributed by atoms with E-state index < -0.39 is 0 Å². The van der Waals surface area contributed by atoms with Crippen LogP contribution in [-0.2, 0) is 0 Å². The van der Waals surface area contributed by atoms with Gasteiger partial charge in [-0.3, -0.25) is 0 Å². The number of hydrogen-bond donors (Lipinski definition) is 1. The molecule has 0 aromatic heterocycles. The van der Waals surface area contributed by atoms with Crippen LogP contribution in [0.2, 0.25) is 0 Å². The van der Waals surface area contributed by atoms with E-state index in [1.54, 1.807) is 0 Å². The lowest BCUT2D eigenvalue weighted by molar-refractivity contribution is 0.603. The SMILES string of the molecule is CCCC1CSCC(=S)N1. The van der Waals surface area contributed by atoms with Gasteiger partial charge in [-0.15, -0.1) is 0 Å². The average molecular weight is 175 g/mol. The maximum Gasteiger partial charge on any atom is 0.0856 e. The van der Waals surface area contributed by atoms with E-state index in [1.807, 2.05) is 11.8 Å². The molecule has 1 fully saturated rings. The molecule has 10 heavy (non-hydrogen) atoms. The van der Waals surface area contributed by atoms with Gasteiger partial charge in [-0.05, 0) is 6.42 Å². The lowest BCUT2D eigenvalue weighted by Crippen LogP contribution is -2.40. The van der Waals surface area contributed by atoms with E-state index in [-0.39, 0.29) is 0 Å². The van der Waals surface area contributed by atoms with Gasteiger partial charge in [0.05, 0.1) is 4.99 Å². The van der Waals surface area contributed by atoms with Crippen LogP contribution in [0.15, 0.2) is 0 Å². The molecule has 1 rings (SSSR count). The minimum Gasteiger partial charge on any atom is -0.375 e. The molecular weight excluding hydrogens is 162 g/mol. The van der Waals surface area contributed by atoms with Crippen molar-refractivity contribution in [2.24, 2.45) is 0 Å². The smallest absolute Gasteiger partial charge is 0.0856 e. The van der Waals surface area contributed by atoms with Crippen molar-refractivity contribution in [2.45, 2.75) is 25.8 Å².